The fourth-order valence-electron chi connectivity index (χ4n) is 13.0. The van der Waals surface area contributed by atoms with Gasteiger partial charge in [-0.05, 0) is 145 Å². The SMILES string of the molecule is COc1cccc(CCC(=O)Nc2nnc(Sc3ccnc4ccccc34)s2)c1.O=C(COc1ccccc1)Nc1nnc(Sc2ccnc3ccccc23)s1.O=C(Cc1c[nH]c2ccccc12)Nc1nnc(Sc2ccnc3ccccc23)s1.O=C(NCCc1cccs1)Nc1nnc(Sc2ccnc3cc(Cl)ccc23)s1.O=C(Nc1nnc(Sc2ccnc3ccccc23)s1)c1ccco1. The van der Waals surface area contributed by atoms with Gasteiger partial charge in [-0.1, -0.05) is 261 Å². The van der Waals surface area contributed by atoms with Crippen molar-refractivity contribution < 1.29 is 37.9 Å². The maximum absolute atomic E-state index is 12.5. The molecule has 13 heterocycles. The third-order valence-corrected chi connectivity index (χ3v) is 30.2. The number of urea groups is 1. The molecule has 0 fully saturated rings. The van der Waals surface area contributed by atoms with Crippen molar-refractivity contribution in [1.82, 2.24) is 86.2 Å². The van der Waals surface area contributed by atoms with Gasteiger partial charge in [-0.3, -0.25) is 60.0 Å². The van der Waals surface area contributed by atoms with Crippen LogP contribution in [0.3, 0.4) is 0 Å². The van der Waals surface area contributed by atoms with Gasteiger partial charge in [-0.2, -0.15) is 0 Å². The Kier molecular flexibility index (Phi) is 32.8. The van der Waals surface area contributed by atoms with Crippen LogP contribution in [-0.2, 0) is 33.6 Å². The second-order valence-corrected chi connectivity index (χ2v) is 41.2. The van der Waals surface area contributed by atoms with E-state index in [4.69, 9.17) is 25.5 Å². The van der Waals surface area contributed by atoms with Gasteiger partial charge in [0.05, 0.1) is 47.4 Å². The van der Waals surface area contributed by atoms with E-state index in [1.54, 1.807) is 73.7 Å². The number of nitrogens with zero attached hydrogens (tertiary/aromatic N) is 15. The Hall–Kier alpha value is -14.1. The van der Waals surface area contributed by atoms with Gasteiger partial charge in [0.1, 0.15) is 11.5 Å². The number of benzene rings is 8. The lowest BCUT2D eigenvalue weighted by atomic mass is 10.1. The number of ether oxygens (including phenoxy) is 2. The van der Waals surface area contributed by atoms with Gasteiger partial charge in [0.2, 0.25) is 37.5 Å². The minimum atomic E-state index is -0.345. The Morgan fingerprint density at radius 2 is 0.847 bits per heavy atom. The number of methoxy groups -OCH3 is 1. The van der Waals surface area contributed by atoms with Crippen LogP contribution >= 0.6 is 138 Å². The topological polar surface area (TPSA) is 398 Å². The molecule has 0 atom stereocenters. The second kappa shape index (κ2) is 47.4. The van der Waals surface area contributed by atoms with Crippen LogP contribution in [0.4, 0.5) is 30.5 Å². The van der Waals surface area contributed by atoms with Crippen LogP contribution in [0.25, 0.3) is 65.4 Å². The van der Waals surface area contributed by atoms with Crippen molar-refractivity contribution in [3.63, 3.8) is 0 Å². The number of nitrogens with one attached hydrogen (secondary N) is 7. The predicted molar refractivity (Wildman–Crippen MR) is 547 cm³/mol. The van der Waals surface area contributed by atoms with E-state index < -0.39 is 0 Å². The zero-order valence-electron chi connectivity index (χ0n) is 71.4. The van der Waals surface area contributed by atoms with Crippen LogP contribution < -0.4 is 41.4 Å². The molecule has 42 heteroatoms. The van der Waals surface area contributed by atoms with E-state index in [0.29, 0.717) is 55.8 Å². The highest BCUT2D eigenvalue weighted by Gasteiger charge is 2.21. The number of anilines is 5. The lowest BCUT2D eigenvalue weighted by Gasteiger charge is -2.04. The largest absolute Gasteiger partial charge is 0.497 e. The smallest absolute Gasteiger partial charge is 0.321 e. The molecule has 0 saturated heterocycles. The molecule has 0 saturated carbocycles. The molecular formula is C95H71ClN22O8S11. The summed E-state index contributed by atoms with van der Waals surface area (Å²) in [6, 6.07) is 79.0. The highest BCUT2D eigenvalue weighted by atomic mass is 35.5. The third-order valence-electron chi connectivity index (χ3n) is 19.2. The number of hydrogen-bond acceptors (Lipinski definition) is 34. The molecule has 13 aromatic heterocycles. The summed E-state index contributed by atoms with van der Waals surface area (Å²) in [4.78, 5) is 92.1. The van der Waals surface area contributed by atoms with E-state index in [-0.39, 0.29) is 48.4 Å². The lowest BCUT2D eigenvalue weighted by Crippen LogP contribution is -2.30. The first kappa shape index (κ1) is 94.7. The molecule has 0 aliphatic carbocycles. The van der Waals surface area contributed by atoms with Gasteiger partial charge >= 0.3 is 6.03 Å². The molecule has 0 spiro atoms. The number of furan rings is 1. The van der Waals surface area contributed by atoms with Crippen molar-refractivity contribution in [3.05, 3.63) is 324 Å². The Morgan fingerprint density at radius 3 is 1.34 bits per heavy atom. The van der Waals surface area contributed by atoms with Gasteiger partial charge in [0.25, 0.3) is 11.8 Å². The van der Waals surface area contributed by atoms with Crippen LogP contribution in [0, 0.1) is 0 Å². The summed E-state index contributed by atoms with van der Waals surface area (Å²) in [5, 5.41) is 69.0. The van der Waals surface area contributed by atoms with Crippen LogP contribution in [0.1, 0.15) is 33.0 Å². The number of pyridine rings is 5. The maximum Gasteiger partial charge on any atom is 0.321 e. The molecule has 137 heavy (non-hydrogen) atoms. The summed E-state index contributed by atoms with van der Waals surface area (Å²) in [6.07, 6.45) is 14.3. The maximum atomic E-state index is 12.5. The van der Waals surface area contributed by atoms with Gasteiger partial charge in [-0.25, -0.2) is 4.79 Å². The molecule has 0 bridgehead atoms. The number of para-hydroxylation sites is 6. The van der Waals surface area contributed by atoms with E-state index in [2.05, 4.69) is 119 Å². The van der Waals surface area contributed by atoms with E-state index in [1.807, 2.05) is 230 Å². The van der Waals surface area contributed by atoms with Crippen molar-refractivity contribution in [2.24, 2.45) is 0 Å². The number of halogens is 1. The zero-order valence-corrected chi connectivity index (χ0v) is 81.1. The number of aryl methyl sites for hydroxylation is 1. The van der Waals surface area contributed by atoms with Crippen molar-refractivity contribution in [2.75, 3.05) is 46.8 Å². The molecule has 0 aliphatic rings. The van der Waals surface area contributed by atoms with Crippen LogP contribution in [0.5, 0.6) is 11.5 Å². The standard InChI is InChI=1S/C21H15N5OS2.C21H18N4O2S2.C19H14N4O2S2.C18H14ClN5OS3.C16H10N4O2S2/c27-19(11-13-12-23-16-7-3-1-5-14(13)16)24-20-25-26-21(29-20)28-18-9-10-22-17-8-4-2-6-15(17)18;1-27-15-6-4-5-14(13-15)9-10-19(26)23-20-24-25-21(29-20)28-18-11-12-22-17-8-3-2-7-16(17)18;24-17(12-25-13-6-2-1-3-7-13)21-18-22-23-19(27-18)26-16-10-11-20-15-9-5-4-8-14(15)16;19-11-3-4-13-14(10-11)20-8-6-15(13)27-18-24-23-17(28-18)22-16(25)21-7-5-12-2-1-9-26-12;21-14(12-6-3-9-22-12)18-15-19-20-16(24-15)23-13-7-8-17-11-5-2-1-4-10(11)13/h1-10,12,23H,11H2,(H,24,25,27);2-8,11-13H,9-10H2,1H3,(H,23,24,26);1-11H,12H2,(H,21,22,24);1-4,6,8-10H,5,7H2,(H2,21,22,23,25);1-9H,(H,18,19,21). The number of thiophene rings is 1. The number of aromatic amines is 1. The average Bonchev–Trinajstić information content (AvgIpc) is 1.32. The molecule has 8 aromatic carbocycles. The molecule has 30 nitrogen and oxygen atoms in total. The van der Waals surface area contributed by atoms with E-state index in [1.165, 1.54) is 127 Å². The molecular weight excluding hydrogens is 1970 g/mol. The molecule has 0 radical (unpaired) electrons. The number of carbonyl (C=O) groups is 5. The third kappa shape index (κ3) is 26.8. The zero-order chi connectivity index (χ0) is 93.9. The van der Waals surface area contributed by atoms with E-state index >= 15 is 0 Å². The van der Waals surface area contributed by atoms with Crippen molar-refractivity contribution >= 4 is 259 Å². The molecule has 6 amide bonds. The molecule has 21 rings (SSSR count). The van der Waals surface area contributed by atoms with Crippen LogP contribution in [0.2, 0.25) is 5.02 Å². The quantitative estimate of drug-likeness (QED) is 0.0224. The normalized spacial score (nSPS) is 10.9. The minimum Gasteiger partial charge on any atom is -0.497 e. The van der Waals surface area contributed by atoms with Gasteiger partial charge in [0.15, 0.2) is 34.1 Å². The number of hydrogen-bond donors (Lipinski definition) is 7. The summed E-state index contributed by atoms with van der Waals surface area (Å²) in [6.45, 7) is 0.485. The number of carbonyl (C=O) groups excluding carboxylic acids is 5. The van der Waals surface area contributed by atoms with Gasteiger partial charge < -0.3 is 34.8 Å². The first-order chi connectivity index (χ1) is 67.2. The van der Waals surface area contributed by atoms with Crippen LogP contribution in [0.15, 0.2) is 348 Å². The highest BCUT2D eigenvalue weighted by Crippen LogP contribution is 2.42. The molecule has 7 N–H and O–H groups in total. The van der Waals surface area contributed by atoms with Crippen LogP contribution in [-0.4, -0.2) is 131 Å². The summed E-state index contributed by atoms with van der Waals surface area (Å²) in [5.41, 5.74) is 7.59. The second-order valence-electron chi connectivity index (χ2n) is 28.4. The van der Waals surface area contributed by atoms with Gasteiger partial charge in [0, 0.05) is 122 Å². The Balaban J connectivity index is 0.000000119. The number of rotatable bonds is 28. The van der Waals surface area contributed by atoms with Crippen molar-refractivity contribution in [2.45, 2.75) is 71.9 Å². The lowest BCUT2D eigenvalue weighted by molar-refractivity contribution is -0.118. The number of fused-ring (bicyclic) bond motifs is 6. The summed E-state index contributed by atoms with van der Waals surface area (Å²) >= 11 is 21.9. The van der Waals surface area contributed by atoms with E-state index in [0.717, 1.165) is 135 Å². The highest BCUT2D eigenvalue weighted by molar-refractivity contribution is 8.02. The summed E-state index contributed by atoms with van der Waals surface area (Å²) in [5.74, 6) is 0.845. The number of aromatic nitrogens is 16. The summed E-state index contributed by atoms with van der Waals surface area (Å²) in [7, 11) is 1.63. The minimum absolute atomic E-state index is 0.0823. The Morgan fingerprint density at radius 1 is 0.401 bits per heavy atom. The number of amides is 6. The first-order valence-electron chi connectivity index (χ1n) is 41.4. The number of H-pyrrole nitrogens is 1. The summed E-state index contributed by atoms with van der Waals surface area (Å²) < 4.78 is 19.4. The Bertz CT molecular complexity index is 7710. The fourth-order valence-corrected chi connectivity index (χ4v) is 23.0. The fraction of sp³-hybridized carbons (Fsp3) is 0.0737. The Labute approximate surface area is 830 Å². The molecule has 682 valence electrons. The molecule has 0 aliphatic heterocycles. The van der Waals surface area contributed by atoms with Crippen molar-refractivity contribution in [1.29, 1.82) is 0 Å². The molecule has 21 aromatic rings. The van der Waals surface area contributed by atoms with E-state index in [9.17, 15) is 24.0 Å². The van der Waals surface area contributed by atoms with Crippen molar-refractivity contribution in [3.8, 4) is 11.5 Å². The predicted octanol–water partition coefficient (Wildman–Crippen LogP) is 23.4. The van der Waals surface area contributed by atoms with Gasteiger partial charge in [-0.15, -0.1) is 62.3 Å². The average molecular weight is 2040 g/mol. The monoisotopic (exact) mass is 2030 g/mol. The first-order valence-corrected chi connectivity index (χ1v) is 50.8. The molecule has 0 unspecified atom stereocenters.